The number of methoxy groups -OCH3 is 1. The standard InChI is InChI=1S/C21H22ClFN2O5S/c1-30-20(26)13-19(14-4-6-15(23)7-5-14)24-21(27)17-12-16(8-9-18(17)22)31(28,29)25-10-2-3-11-25/h4-9,12,19H,2-3,10-11,13H2,1H3,(H,24,27). The van der Waals surface area contributed by atoms with Gasteiger partial charge in [-0.2, -0.15) is 4.31 Å². The van der Waals surface area contributed by atoms with Crippen molar-refractivity contribution in [3.63, 3.8) is 0 Å². The van der Waals surface area contributed by atoms with E-state index in [1.807, 2.05) is 0 Å². The molecule has 31 heavy (non-hydrogen) atoms. The van der Waals surface area contributed by atoms with Gasteiger partial charge in [-0.05, 0) is 48.7 Å². The minimum absolute atomic E-state index is 0.0322. The Balaban J connectivity index is 1.89. The predicted octanol–water partition coefficient (Wildman–Crippen LogP) is 3.30. The minimum Gasteiger partial charge on any atom is -0.469 e. The van der Waals surface area contributed by atoms with Gasteiger partial charge in [0.15, 0.2) is 0 Å². The van der Waals surface area contributed by atoms with E-state index in [0.717, 1.165) is 12.8 Å². The Labute approximate surface area is 185 Å². The predicted molar refractivity (Wildman–Crippen MR) is 113 cm³/mol. The molecule has 166 valence electrons. The largest absolute Gasteiger partial charge is 0.469 e. The molecule has 0 saturated carbocycles. The fraction of sp³-hybridized carbons (Fsp3) is 0.333. The molecule has 1 fully saturated rings. The normalized spacial score (nSPS) is 15.5. The molecule has 1 saturated heterocycles. The highest BCUT2D eigenvalue weighted by Crippen LogP contribution is 2.26. The number of nitrogens with one attached hydrogen (secondary N) is 1. The van der Waals surface area contributed by atoms with Crippen LogP contribution in [0.15, 0.2) is 47.4 Å². The molecule has 2 aromatic rings. The summed E-state index contributed by atoms with van der Waals surface area (Å²) in [5.74, 6) is -1.71. The third kappa shape index (κ3) is 5.41. The van der Waals surface area contributed by atoms with Crippen LogP contribution in [0.5, 0.6) is 0 Å². The monoisotopic (exact) mass is 468 g/mol. The number of benzene rings is 2. The second kappa shape index (κ2) is 9.76. The van der Waals surface area contributed by atoms with E-state index in [1.54, 1.807) is 0 Å². The first-order valence-corrected chi connectivity index (χ1v) is 11.5. The van der Waals surface area contributed by atoms with E-state index < -0.39 is 33.8 Å². The van der Waals surface area contributed by atoms with E-state index >= 15 is 0 Å². The van der Waals surface area contributed by atoms with E-state index in [-0.39, 0.29) is 21.9 Å². The van der Waals surface area contributed by atoms with Gasteiger partial charge in [0.1, 0.15) is 5.82 Å². The Morgan fingerprint density at radius 3 is 2.42 bits per heavy atom. The molecule has 2 aromatic carbocycles. The molecule has 10 heteroatoms. The quantitative estimate of drug-likeness (QED) is 0.629. The fourth-order valence-electron chi connectivity index (χ4n) is 3.35. The molecule has 1 heterocycles. The summed E-state index contributed by atoms with van der Waals surface area (Å²) in [4.78, 5) is 24.7. The molecule has 3 rings (SSSR count). The Morgan fingerprint density at radius 2 is 1.81 bits per heavy atom. The zero-order valence-corrected chi connectivity index (χ0v) is 18.4. The van der Waals surface area contributed by atoms with Crippen LogP contribution < -0.4 is 5.32 Å². The van der Waals surface area contributed by atoms with Crippen molar-refractivity contribution in [2.45, 2.75) is 30.2 Å². The van der Waals surface area contributed by atoms with E-state index in [1.165, 1.54) is 53.9 Å². The molecular formula is C21H22ClFN2O5S. The average molecular weight is 469 g/mol. The van der Waals surface area contributed by atoms with Gasteiger partial charge in [-0.3, -0.25) is 9.59 Å². The summed E-state index contributed by atoms with van der Waals surface area (Å²) in [5.41, 5.74) is 0.441. The smallest absolute Gasteiger partial charge is 0.307 e. The van der Waals surface area contributed by atoms with Crippen LogP contribution in [0.25, 0.3) is 0 Å². The SMILES string of the molecule is COC(=O)CC(NC(=O)c1cc(S(=O)(=O)N2CCCC2)ccc1Cl)c1ccc(F)cc1. The van der Waals surface area contributed by atoms with Crippen molar-refractivity contribution in [3.8, 4) is 0 Å². The second-order valence-electron chi connectivity index (χ2n) is 7.11. The number of nitrogens with zero attached hydrogens (tertiary/aromatic N) is 1. The number of rotatable bonds is 7. The van der Waals surface area contributed by atoms with Gasteiger partial charge in [0.25, 0.3) is 5.91 Å². The van der Waals surface area contributed by atoms with Crippen molar-refractivity contribution in [2.24, 2.45) is 0 Å². The van der Waals surface area contributed by atoms with Crippen molar-refractivity contribution in [1.82, 2.24) is 9.62 Å². The van der Waals surface area contributed by atoms with Crippen molar-refractivity contribution in [2.75, 3.05) is 20.2 Å². The summed E-state index contributed by atoms with van der Waals surface area (Å²) in [6.07, 6.45) is 1.37. The van der Waals surface area contributed by atoms with Crippen LogP contribution in [0.2, 0.25) is 5.02 Å². The molecule has 1 amide bonds. The molecule has 0 radical (unpaired) electrons. The molecule has 1 unspecified atom stereocenters. The van der Waals surface area contributed by atoms with Crippen LogP contribution in [0, 0.1) is 5.82 Å². The van der Waals surface area contributed by atoms with Gasteiger partial charge in [-0.15, -0.1) is 0 Å². The molecule has 0 spiro atoms. The topological polar surface area (TPSA) is 92.8 Å². The third-order valence-corrected chi connectivity index (χ3v) is 7.29. The number of carbonyl (C=O) groups is 2. The maximum absolute atomic E-state index is 13.3. The van der Waals surface area contributed by atoms with Gasteiger partial charge < -0.3 is 10.1 Å². The van der Waals surface area contributed by atoms with Crippen LogP contribution >= 0.6 is 11.6 Å². The van der Waals surface area contributed by atoms with Crippen LogP contribution in [-0.2, 0) is 19.6 Å². The molecule has 0 bridgehead atoms. The Kier molecular flexibility index (Phi) is 7.30. The Hall–Kier alpha value is -2.49. The molecule has 7 nitrogen and oxygen atoms in total. The number of sulfonamides is 1. The lowest BCUT2D eigenvalue weighted by Crippen LogP contribution is -2.31. The Bertz CT molecular complexity index is 1070. The number of ether oxygens (including phenoxy) is 1. The van der Waals surface area contributed by atoms with Crippen LogP contribution in [0.1, 0.15) is 41.2 Å². The number of carbonyl (C=O) groups excluding carboxylic acids is 2. The summed E-state index contributed by atoms with van der Waals surface area (Å²) in [7, 11) is -2.52. The minimum atomic E-state index is -3.74. The van der Waals surface area contributed by atoms with E-state index in [0.29, 0.717) is 18.7 Å². The third-order valence-electron chi connectivity index (χ3n) is 5.06. The molecule has 0 aliphatic carbocycles. The van der Waals surface area contributed by atoms with E-state index in [2.05, 4.69) is 10.1 Å². The number of amides is 1. The first-order valence-electron chi connectivity index (χ1n) is 9.65. The summed E-state index contributed by atoms with van der Waals surface area (Å²) in [5, 5.41) is 2.73. The first kappa shape index (κ1) is 23.2. The van der Waals surface area contributed by atoms with Crippen LogP contribution in [0.3, 0.4) is 0 Å². The van der Waals surface area contributed by atoms with E-state index in [9.17, 15) is 22.4 Å². The first-order chi connectivity index (χ1) is 14.7. The van der Waals surface area contributed by atoms with Crippen LogP contribution in [0.4, 0.5) is 4.39 Å². The van der Waals surface area contributed by atoms with Crippen LogP contribution in [-0.4, -0.2) is 44.8 Å². The Morgan fingerprint density at radius 1 is 1.16 bits per heavy atom. The highest BCUT2D eigenvalue weighted by atomic mass is 35.5. The highest BCUT2D eigenvalue weighted by molar-refractivity contribution is 7.89. The van der Waals surface area contributed by atoms with Crippen molar-refractivity contribution in [3.05, 3.63) is 64.4 Å². The lowest BCUT2D eigenvalue weighted by Gasteiger charge is -2.20. The zero-order chi connectivity index (χ0) is 22.6. The number of halogens is 2. The van der Waals surface area contributed by atoms with E-state index in [4.69, 9.17) is 11.6 Å². The summed E-state index contributed by atoms with van der Waals surface area (Å²) >= 11 is 6.17. The average Bonchev–Trinajstić information content (AvgIpc) is 3.29. The van der Waals surface area contributed by atoms with Gasteiger partial charge in [-0.25, -0.2) is 12.8 Å². The number of hydrogen-bond acceptors (Lipinski definition) is 5. The van der Waals surface area contributed by atoms with Gasteiger partial charge >= 0.3 is 5.97 Å². The zero-order valence-electron chi connectivity index (χ0n) is 16.8. The summed E-state index contributed by atoms with van der Waals surface area (Å²) in [6.45, 7) is 0.858. The molecular weight excluding hydrogens is 447 g/mol. The van der Waals surface area contributed by atoms with Gasteiger partial charge in [-0.1, -0.05) is 23.7 Å². The van der Waals surface area contributed by atoms with Crippen molar-refractivity contribution in [1.29, 1.82) is 0 Å². The van der Waals surface area contributed by atoms with Gasteiger partial charge in [0, 0.05) is 13.1 Å². The summed E-state index contributed by atoms with van der Waals surface area (Å²) < 4.78 is 45.0. The maximum atomic E-state index is 13.3. The van der Waals surface area contributed by atoms with Crippen molar-refractivity contribution >= 4 is 33.5 Å². The fourth-order valence-corrected chi connectivity index (χ4v) is 5.10. The molecule has 1 aliphatic heterocycles. The molecule has 0 aromatic heterocycles. The number of hydrogen-bond donors (Lipinski definition) is 1. The van der Waals surface area contributed by atoms with Crippen molar-refractivity contribution < 1.29 is 27.1 Å². The molecule has 1 aliphatic rings. The lowest BCUT2D eigenvalue weighted by molar-refractivity contribution is -0.141. The maximum Gasteiger partial charge on any atom is 0.307 e. The summed E-state index contributed by atoms with van der Waals surface area (Å²) in [6, 6.07) is 8.42. The van der Waals surface area contributed by atoms with Gasteiger partial charge in [0.2, 0.25) is 10.0 Å². The second-order valence-corrected chi connectivity index (χ2v) is 9.46. The number of esters is 1. The van der Waals surface area contributed by atoms with Gasteiger partial charge in [0.05, 0.1) is 35.1 Å². The highest BCUT2D eigenvalue weighted by Gasteiger charge is 2.29. The molecule has 1 atom stereocenters. The lowest BCUT2D eigenvalue weighted by atomic mass is 10.0. The molecule has 1 N–H and O–H groups in total.